The van der Waals surface area contributed by atoms with Crippen LogP contribution in [0.3, 0.4) is 0 Å². The standard InChI is InChI=1S/C49H69N7O4/c1-3-36(4-2)32-50-49-51-33-44-45(35-56(47(44)53-49)41-19-21-42(57)22-20-41)40-17-13-38(14-18-40)34-55-28-26-54(27-29-55)25-7-5-6-8-30-60-31-9-10-37-11-15-39(16-12-37)43-23-24-46(58)52-48(43)59/h11-18,33,35-36,41-43,57H,3-10,19-32,34H2,1-2H3,(H,50,51,53)(H,52,58,59). The molecule has 1 atom stereocenters. The van der Waals surface area contributed by atoms with Gasteiger partial charge in [-0.3, -0.25) is 19.8 Å². The van der Waals surface area contributed by atoms with E-state index in [0.717, 1.165) is 127 Å². The highest BCUT2D eigenvalue weighted by Gasteiger charge is 2.28. The minimum Gasteiger partial charge on any atom is -0.393 e. The van der Waals surface area contributed by atoms with Crippen LogP contribution in [0, 0.1) is 5.92 Å². The smallest absolute Gasteiger partial charge is 0.234 e. The zero-order valence-corrected chi connectivity index (χ0v) is 36.3. The van der Waals surface area contributed by atoms with Crippen LogP contribution in [-0.2, 0) is 27.3 Å². The number of aryl methyl sites for hydroxylation is 1. The zero-order chi connectivity index (χ0) is 41.7. The van der Waals surface area contributed by atoms with Crippen LogP contribution in [0.15, 0.2) is 60.9 Å². The second-order valence-electron chi connectivity index (χ2n) is 17.6. The molecule has 0 spiro atoms. The van der Waals surface area contributed by atoms with E-state index in [1.165, 1.54) is 48.1 Å². The molecule has 1 aliphatic carbocycles. The highest BCUT2D eigenvalue weighted by Crippen LogP contribution is 2.37. The lowest BCUT2D eigenvalue weighted by molar-refractivity contribution is -0.134. The van der Waals surface area contributed by atoms with E-state index in [9.17, 15) is 14.7 Å². The van der Waals surface area contributed by atoms with Gasteiger partial charge in [0.05, 0.1) is 12.0 Å². The van der Waals surface area contributed by atoms with Crippen molar-refractivity contribution in [2.24, 2.45) is 5.92 Å². The van der Waals surface area contributed by atoms with Gasteiger partial charge in [-0.1, -0.05) is 88.1 Å². The van der Waals surface area contributed by atoms with Gasteiger partial charge < -0.3 is 24.6 Å². The van der Waals surface area contributed by atoms with Crippen LogP contribution < -0.4 is 10.6 Å². The van der Waals surface area contributed by atoms with Gasteiger partial charge in [-0.05, 0) is 92.5 Å². The quantitative estimate of drug-likeness (QED) is 0.0563. The minimum absolute atomic E-state index is 0.171. The van der Waals surface area contributed by atoms with E-state index < -0.39 is 0 Å². The van der Waals surface area contributed by atoms with Crippen molar-refractivity contribution < 1.29 is 19.4 Å². The SMILES string of the molecule is CCC(CC)CNc1ncc2c(-c3ccc(CN4CCN(CCCCCCOCCCc5ccc(C6CCC(=O)NC6=O)cc5)CC4)cc3)cn(C3CCC(O)CC3)c2n1. The van der Waals surface area contributed by atoms with E-state index >= 15 is 0 Å². The summed E-state index contributed by atoms with van der Waals surface area (Å²) in [6, 6.07) is 17.7. The van der Waals surface area contributed by atoms with Crippen LogP contribution in [0.2, 0.25) is 0 Å². The number of piperidine rings is 1. The lowest BCUT2D eigenvalue weighted by Crippen LogP contribution is -2.46. The zero-order valence-electron chi connectivity index (χ0n) is 36.3. The maximum atomic E-state index is 12.1. The molecular weight excluding hydrogens is 751 g/mol. The van der Waals surface area contributed by atoms with Crippen molar-refractivity contribution in [3.8, 4) is 11.1 Å². The maximum absolute atomic E-state index is 12.1. The van der Waals surface area contributed by atoms with E-state index in [0.29, 0.717) is 30.7 Å². The molecule has 3 N–H and O–H groups in total. The normalized spacial score (nSPS) is 20.6. The number of nitrogens with one attached hydrogen (secondary N) is 2. The van der Waals surface area contributed by atoms with Crippen molar-refractivity contribution in [2.45, 2.75) is 128 Å². The molecule has 11 heteroatoms. The number of aliphatic hydroxyl groups is 1. The Kier molecular flexibility index (Phi) is 16.2. The number of nitrogens with zero attached hydrogens (tertiary/aromatic N) is 5. The average Bonchev–Trinajstić information content (AvgIpc) is 3.65. The Bertz CT molecular complexity index is 1940. The molecule has 2 amide bonds. The molecule has 2 aromatic heterocycles. The number of carbonyl (C=O) groups is 2. The summed E-state index contributed by atoms with van der Waals surface area (Å²) in [5, 5.41) is 17.3. The van der Waals surface area contributed by atoms with Gasteiger partial charge in [0.25, 0.3) is 0 Å². The van der Waals surface area contributed by atoms with E-state index in [1.807, 2.05) is 18.3 Å². The largest absolute Gasteiger partial charge is 0.393 e. The van der Waals surface area contributed by atoms with Gasteiger partial charge in [-0.15, -0.1) is 0 Å². The first kappa shape index (κ1) is 43.9. The van der Waals surface area contributed by atoms with Crippen molar-refractivity contribution >= 4 is 28.8 Å². The summed E-state index contributed by atoms with van der Waals surface area (Å²) in [5.41, 5.74) is 6.96. The van der Waals surface area contributed by atoms with Gasteiger partial charge in [0.2, 0.25) is 17.8 Å². The number of rotatable bonds is 21. The number of imide groups is 1. The molecule has 3 aliphatic rings. The lowest BCUT2D eigenvalue weighted by Gasteiger charge is -2.34. The summed E-state index contributed by atoms with van der Waals surface area (Å²) >= 11 is 0. The topological polar surface area (TPSA) is 125 Å². The van der Waals surface area contributed by atoms with Crippen LogP contribution in [0.5, 0.6) is 0 Å². The van der Waals surface area contributed by atoms with E-state index in [4.69, 9.17) is 14.7 Å². The molecule has 1 saturated carbocycles. The number of ether oxygens (including phenoxy) is 1. The fourth-order valence-corrected chi connectivity index (χ4v) is 9.29. The van der Waals surface area contributed by atoms with Gasteiger partial charge in [-0.25, -0.2) is 4.98 Å². The number of hydrogen-bond acceptors (Lipinski definition) is 9. The van der Waals surface area contributed by atoms with Crippen molar-refractivity contribution in [1.29, 1.82) is 0 Å². The van der Waals surface area contributed by atoms with Gasteiger partial charge >= 0.3 is 0 Å². The van der Waals surface area contributed by atoms with Crippen molar-refractivity contribution in [2.75, 3.05) is 57.8 Å². The maximum Gasteiger partial charge on any atom is 0.234 e. The molecule has 0 bridgehead atoms. The van der Waals surface area contributed by atoms with Crippen LogP contribution in [0.1, 0.15) is 126 Å². The monoisotopic (exact) mass is 820 g/mol. The lowest BCUT2D eigenvalue weighted by atomic mass is 9.90. The molecule has 1 unspecified atom stereocenters. The molecule has 4 heterocycles. The summed E-state index contributed by atoms with van der Waals surface area (Å²) in [6.07, 6.45) is 17.8. The Labute approximate surface area is 357 Å². The van der Waals surface area contributed by atoms with Crippen LogP contribution >= 0.6 is 0 Å². The molecule has 4 aromatic rings. The number of unbranched alkanes of at least 4 members (excludes halogenated alkanes) is 3. The first-order valence-corrected chi connectivity index (χ1v) is 23.2. The molecule has 3 fully saturated rings. The third kappa shape index (κ3) is 12.0. The summed E-state index contributed by atoms with van der Waals surface area (Å²) in [4.78, 5) is 38.6. The van der Waals surface area contributed by atoms with Gasteiger partial charge in [0.15, 0.2) is 0 Å². The third-order valence-corrected chi connectivity index (χ3v) is 13.4. The second kappa shape index (κ2) is 22.1. The molecule has 2 aromatic carbocycles. The highest BCUT2D eigenvalue weighted by molar-refractivity contribution is 6.01. The van der Waals surface area contributed by atoms with E-state index in [2.05, 4.69) is 81.4 Å². The summed E-state index contributed by atoms with van der Waals surface area (Å²) in [6.45, 7) is 13.6. The molecule has 60 heavy (non-hydrogen) atoms. The molecule has 11 nitrogen and oxygen atoms in total. The molecule has 0 radical (unpaired) electrons. The number of benzene rings is 2. The molecule has 324 valence electrons. The number of piperazine rings is 1. The van der Waals surface area contributed by atoms with Crippen LogP contribution in [0.25, 0.3) is 22.2 Å². The van der Waals surface area contributed by atoms with Crippen LogP contribution in [0.4, 0.5) is 5.95 Å². The number of anilines is 1. The fraction of sp³-hybridized carbons (Fsp3) is 0.592. The van der Waals surface area contributed by atoms with Crippen molar-refractivity contribution in [3.63, 3.8) is 0 Å². The predicted octanol–water partition coefficient (Wildman–Crippen LogP) is 8.27. The van der Waals surface area contributed by atoms with E-state index in [1.54, 1.807) is 0 Å². The third-order valence-electron chi connectivity index (χ3n) is 13.4. The number of fused-ring (bicyclic) bond motifs is 1. The average molecular weight is 820 g/mol. The Morgan fingerprint density at radius 1 is 0.833 bits per heavy atom. The highest BCUT2D eigenvalue weighted by atomic mass is 16.5. The van der Waals surface area contributed by atoms with Crippen LogP contribution in [-0.4, -0.2) is 99.8 Å². The summed E-state index contributed by atoms with van der Waals surface area (Å²) < 4.78 is 8.30. The number of carbonyl (C=O) groups excluding carboxylic acids is 2. The summed E-state index contributed by atoms with van der Waals surface area (Å²) in [5.74, 6) is 0.741. The summed E-state index contributed by atoms with van der Waals surface area (Å²) in [7, 11) is 0. The Morgan fingerprint density at radius 3 is 2.27 bits per heavy atom. The first-order valence-electron chi connectivity index (χ1n) is 23.2. The first-order chi connectivity index (χ1) is 29.4. The van der Waals surface area contributed by atoms with E-state index in [-0.39, 0.29) is 23.8 Å². The number of amides is 2. The minimum atomic E-state index is -0.220. The molecular formula is C49H69N7O4. The predicted molar refractivity (Wildman–Crippen MR) is 240 cm³/mol. The number of aliphatic hydroxyl groups excluding tert-OH is 1. The number of hydrogen-bond donors (Lipinski definition) is 3. The van der Waals surface area contributed by atoms with Crippen molar-refractivity contribution in [3.05, 3.63) is 77.6 Å². The molecule has 7 rings (SSSR count). The molecule has 2 saturated heterocycles. The van der Waals surface area contributed by atoms with Gasteiger partial charge in [0, 0.05) is 88.3 Å². The Hall–Kier alpha value is -4.16. The van der Waals surface area contributed by atoms with Crippen molar-refractivity contribution in [1.82, 2.24) is 29.7 Å². The Balaban J connectivity index is 0.783. The fourth-order valence-electron chi connectivity index (χ4n) is 9.29. The molecule has 2 aliphatic heterocycles. The Morgan fingerprint density at radius 2 is 1.53 bits per heavy atom. The second-order valence-corrected chi connectivity index (χ2v) is 17.6. The number of aromatic nitrogens is 3. The van der Waals surface area contributed by atoms with Gasteiger partial charge in [0.1, 0.15) is 5.65 Å². The van der Waals surface area contributed by atoms with Gasteiger partial charge in [-0.2, -0.15) is 4.98 Å².